The first kappa shape index (κ1) is 15.3. The van der Waals surface area contributed by atoms with Gasteiger partial charge in [-0.2, -0.15) is 0 Å². The van der Waals surface area contributed by atoms with Gasteiger partial charge in [0.25, 0.3) is 0 Å². The molecule has 5 nitrogen and oxygen atoms in total. The molecular formula is C14H21NO4. The third-order valence-electron chi connectivity index (χ3n) is 2.74. The number of ether oxygens (including phenoxy) is 2. The van der Waals surface area contributed by atoms with Crippen LogP contribution in [0.5, 0.6) is 11.5 Å². The summed E-state index contributed by atoms with van der Waals surface area (Å²) < 4.78 is 10.7. The highest BCUT2D eigenvalue weighted by atomic mass is 16.5. The van der Waals surface area contributed by atoms with E-state index in [1.807, 2.05) is 0 Å². The number of hydrogen-bond acceptors (Lipinski definition) is 4. The zero-order valence-electron chi connectivity index (χ0n) is 11.7. The van der Waals surface area contributed by atoms with Crippen molar-refractivity contribution in [1.29, 1.82) is 0 Å². The largest absolute Gasteiger partial charge is 0.497 e. The number of aliphatic hydroxyl groups is 1. The van der Waals surface area contributed by atoms with Crippen LogP contribution in [0.25, 0.3) is 0 Å². The van der Waals surface area contributed by atoms with E-state index in [0.29, 0.717) is 36.5 Å². The van der Waals surface area contributed by atoms with Gasteiger partial charge in [0.2, 0.25) is 5.91 Å². The molecule has 5 heteroatoms. The zero-order chi connectivity index (χ0) is 14.3. The molecule has 0 aromatic heterocycles. The van der Waals surface area contributed by atoms with Crippen molar-refractivity contribution in [1.82, 2.24) is 4.90 Å². The third kappa shape index (κ3) is 4.79. The van der Waals surface area contributed by atoms with E-state index in [2.05, 4.69) is 0 Å². The average molecular weight is 267 g/mol. The molecule has 0 fully saturated rings. The summed E-state index contributed by atoms with van der Waals surface area (Å²) in [7, 11) is 5.04. The molecule has 19 heavy (non-hydrogen) atoms. The molecule has 1 aromatic carbocycles. The molecule has 0 spiro atoms. The van der Waals surface area contributed by atoms with Crippen LogP contribution in [-0.2, 0) is 11.4 Å². The van der Waals surface area contributed by atoms with Gasteiger partial charge in [0.1, 0.15) is 11.5 Å². The smallest absolute Gasteiger partial charge is 0.222 e. The van der Waals surface area contributed by atoms with E-state index in [4.69, 9.17) is 9.47 Å². The summed E-state index contributed by atoms with van der Waals surface area (Å²) >= 11 is 0. The van der Waals surface area contributed by atoms with E-state index in [1.54, 1.807) is 44.3 Å². The number of aliphatic hydroxyl groups excluding tert-OH is 1. The van der Waals surface area contributed by atoms with Crippen LogP contribution in [0.2, 0.25) is 0 Å². The number of rotatable bonds is 7. The third-order valence-corrected chi connectivity index (χ3v) is 2.74. The molecule has 1 rings (SSSR count). The van der Waals surface area contributed by atoms with Crippen LogP contribution >= 0.6 is 0 Å². The molecule has 1 amide bonds. The SMILES string of the molecule is COc1ccc(CO)c(OCCCC(=O)N(C)C)c1. The van der Waals surface area contributed by atoms with Gasteiger partial charge in [0.05, 0.1) is 20.3 Å². The van der Waals surface area contributed by atoms with Gasteiger partial charge in [-0.1, -0.05) is 0 Å². The quantitative estimate of drug-likeness (QED) is 0.759. The number of hydrogen-bond donors (Lipinski definition) is 1. The van der Waals surface area contributed by atoms with Crippen molar-refractivity contribution in [3.05, 3.63) is 23.8 Å². The van der Waals surface area contributed by atoms with Gasteiger partial charge in [0, 0.05) is 32.1 Å². The minimum Gasteiger partial charge on any atom is -0.497 e. The number of amides is 1. The summed E-state index contributed by atoms with van der Waals surface area (Å²) in [5.74, 6) is 1.35. The van der Waals surface area contributed by atoms with Crippen molar-refractivity contribution in [2.24, 2.45) is 0 Å². The molecule has 0 aliphatic heterocycles. The highest BCUT2D eigenvalue weighted by Gasteiger charge is 2.07. The highest BCUT2D eigenvalue weighted by Crippen LogP contribution is 2.25. The summed E-state index contributed by atoms with van der Waals surface area (Å²) in [5, 5.41) is 9.22. The summed E-state index contributed by atoms with van der Waals surface area (Å²) in [6.45, 7) is 0.343. The lowest BCUT2D eigenvalue weighted by Gasteiger charge is -2.13. The second kappa shape index (κ2) is 7.63. The van der Waals surface area contributed by atoms with Gasteiger partial charge in [-0.15, -0.1) is 0 Å². The van der Waals surface area contributed by atoms with Crippen LogP contribution in [0.1, 0.15) is 18.4 Å². The monoisotopic (exact) mass is 267 g/mol. The number of carbonyl (C=O) groups is 1. The molecule has 0 saturated heterocycles. The minimum absolute atomic E-state index is 0.0802. The lowest BCUT2D eigenvalue weighted by atomic mass is 10.2. The van der Waals surface area contributed by atoms with Crippen LogP contribution in [0.4, 0.5) is 0 Å². The molecule has 0 bridgehead atoms. The van der Waals surface area contributed by atoms with Crippen LogP contribution in [0.15, 0.2) is 18.2 Å². The number of benzene rings is 1. The van der Waals surface area contributed by atoms with Crippen molar-refractivity contribution >= 4 is 5.91 Å². The fourth-order valence-corrected chi connectivity index (χ4v) is 1.56. The molecule has 0 unspecified atom stereocenters. The predicted molar refractivity (Wildman–Crippen MR) is 72.3 cm³/mol. The minimum atomic E-state index is -0.0873. The van der Waals surface area contributed by atoms with E-state index < -0.39 is 0 Å². The molecule has 1 aromatic rings. The van der Waals surface area contributed by atoms with Gasteiger partial charge in [-0.3, -0.25) is 4.79 Å². The molecule has 0 atom stereocenters. The Labute approximate surface area is 113 Å². The van der Waals surface area contributed by atoms with E-state index in [0.717, 1.165) is 0 Å². The number of nitrogens with zero attached hydrogens (tertiary/aromatic N) is 1. The lowest BCUT2D eigenvalue weighted by Crippen LogP contribution is -2.21. The fourth-order valence-electron chi connectivity index (χ4n) is 1.56. The van der Waals surface area contributed by atoms with Crippen molar-refractivity contribution in [2.75, 3.05) is 27.8 Å². The molecule has 0 heterocycles. The highest BCUT2D eigenvalue weighted by molar-refractivity contribution is 5.75. The van der Waals surface area contributed by atoms with E-state index in [-0.39, 0.29) is 12.5 Å². The molecule has 0 aliphatic carbocycles. The topological polar surface area (TPSA) is 59.0 Å². The Morgan fingerprint density at radius 2 is 2.11 bits per heavy atom. The van der Waals surface area contributed by atoms with Crippen LogP contribution in [0.3, 0.4) is 0 Å². The van der Waals surface area contributed by atoms with Gasteiger partial charge in [-0.25, -0.2) is 0 Å². The molecule has 0 radical (unpaired) electrons. The maximum absolute atomic E-state index is 11.4. The standard InChI is InChI=1S/C14H21NO4/c1-15(2)14(17)5-4-8-19-13-9-12(18-3)7-6-11(13)10-16/h6-7,9,16H,4-5,8,10H2,1-3H3. The molecule has 106 valence electrons. The van der Waals surface area contributed by atoms with Crippen molar-refractivity contribution in [3.8, 4) is 11.5 Å². The zero-order valence-corrected chi connectivity index (χ0v) is 11.7. The Hall–Kier alpha value is -1.75. The van der Waals surface area contributed by atoms with Gasteiger partial charge < -0.3 is 19.5 Å². The normalized spacial score (nSPS) is 10.1. The molecule has 0 aliphatic rings. The van der Waals surface area contributed by atoms with Gasteiger partial charge in [-0.05, 0) is 18.6 Å². The summed E-state index contributed by atoms with van der Waals surface area (Å²) in [5.41, 5.74) is 0.708. The van der Waals surface area contributed by atoms with E-state index in [9.17, 15) is 9.90 Å². The molecular weight excluding hydrogens is 246 g/mol. The first-order chi connectivity index (χ1) is 9.08. The second-order valence-corrected chi connectivity index (χ2v) is 4.37. The molecule has 1 N–H and O–H groups in total. The predicted octanol–water partition coefficient (Wildman–Crippen LogP) is 1.43. The number of methoxy groups -OCH3 is 1. The Morgan fingerprint density at radius 3 is 2.68 bits per heavy atom. The Bertz CT molecular complexity index is 418. The Kier molecular flexibility index (Phi) is 6.15. The first-order valence-electron chi connectivity index (χ1n) is 6.19. The van der Waals surface area contributed by atoms with Crippen molar-refractivity contribution in [3.63, 3.8) is 0 Å². The van der Waals surface area contributed by atoms with Crippen molar-refractivity contribution < 1.29 is 19.4 Å². The number of carbonyl (C=O) groups excluding carboxylic acids is 1. The lowest BCUT2D eigenvalue weighted by molar-refractivity contribution is -0.128. The molecule has 0 saturated carbocycles. The fraction of sp³-hybridized carbons (Fsp3) is 0.500. The van der Waals surface area contributed by atoms with E-state index in [1.165, 1.54) is 0 Å². The summed E-state index contributed by atoms with van der Waals surface area (Å²) in [6, 6.07) is 5.27. The average Bonchev–Trinajstić information content (AvgIpc) is 2.42. The van der Waals surface area contributed by atoms with Crippen molar-refractivity contribution in [2.45, 2.75) is 19.4 Å². The van der Waals surface area contributed by atoms with Crippen LogP contribution in [-0.4, -0.2) is 43.7 Å². The summed E-state index contributed by atoms with van der Waals surface area (Å²) in [6.07, 6.45) is 1.09. The summed E-state index contributed by atoms with van der Waals surface area (Å²) in [4.78, 5) is 12.9. The van der Waals surface area contributed by atoms with Crippen LogP contribution < -0.4 is 9.47 Å². The van der Waals surface area contributed by atoms with Gasteiger partial charge in [0.15, 0.2) is 0 Å². The first-order valence-corrected chi connectivity index (χ1v) is 6.19. The second-order valence-electron chi connectivity index (χ2n) is 4.37. The maximum atomic E-state index is 11.4. The van der Waals surface area contributed by atoms with Crippen LogP contribution in [0, 0.1) is 0 Å². The maximum Gasteiger partial charge on any atom is 0.222 e. The van der Waals surface area contributed by atoms with E-state index >= 15 is 0 Å². The Morgan fingerprint density at radius 1 is 1.37 bits per heavy atom. The Balaban J connectivity index is 2.50. The van der Waals surface area contributed by atoms with Gasteiger partial charge >= 0.3 is 0 Å².